The van der Waals surface area contributed by atoms with E-state index in [9.17, 15) is 8.42 Å². The van der Waals surface area contributed by atoms with Crippen LogP contribution in [0.1, 0.15) is 5.56 Å². The Balaban J connectivity index is 3.57. The number of aliphatic hydroxyl groups is 1. The summed E-state index contributed by atoms with van der Waals surface area (Å²) in [5.41, 5.74) is 0.529. The van der Waals surface area contributed by atoms with Crippen molar-refractivity contribution in [1.82, 2.24) is 0 Å². The van der Waals surface area contributed by atoms with E-state index in [1.165, 1.54) is 26.4 Å². The second-order valence-corrected chi connectivity index (χ2v) is 5.21. The fourth-order valence-corrected chi connectivity index (χ4v) is 2.41. The Kier molecular flexibility index (Phi) is 3.77. The van der Waals surface area contributed by atoms with Gasteiger partial charge in [-0.05, 0) is 17.7 Å². The topological polar surface area (TPSA) is 72.8 Å². The number of hydrogen-bond acceptors (Lipinski definition) is 5. The molecule has 0 spiro atoms. The highest BCUT2D eigenvalue weighted by Gasteiger charge is 2.21. The van der Waals surface area contributed by atoms with Crippen molar-refractivity contribution >= 4 is 9.84 Å². The molecule has 0 fully saturated rings. The summed E-state index contributed by atoms with van der Waals surface area (Å²) in [5, 5.41) is 9.01. The molecule has 0 heterocycles. The highest BCUT2D eigenvalue weighted by atomic mass is 32.2. The van der Waals surface area contributed by atoms with Gasteiger partial charge in [0.15, 0.2) is 14.7 Å². The summed E-state index contributed by atoms with van der Waals surface area (Å²) in [5.74, 6) is 0.344. The van der Waals surface area contributed by atoms with Gasteiger partial charge in [-0.1, -0.05) is 0 Å². The lowest BCUT2D eigenvalue weighted by Gasteiger charge is -2.13. The third kappa shape index (κ3) is 2.45. The zero-order chi connectivity index (χ0) is 12.3. The van der Waals surface area contributed by atoms with E-state index in [-0.39, 0.29) is 23.0 Å². The monoisotopic (exact) mass is 246 g/mol. The Morgan fingerprint density at radius 2 is 1.62 bits per heavy atom. The molecule has 1 rings (SSSR count). The molecule has 0 amide bonds. The maximum atomic E-state index is 11.6. The zero-order valence-corrected chi connectivity index (χ0v) is 10.2. The van der Waals surface area contributed by atoms with Crippen molar-refractivity contribution < 1.29 is 23.0 Å². The molecule has 1 aromatic carbocycles. The van der Waals surface area contributed by atoms with Crippen LogP contribution in [-0.2, 0) is 16.4 Å². The normalized spacial score (nSPS) is 11.2. The van der Waals surface area contributed by atoms with Crippen molar-refractivity contribution in [2.75, 3.05) is 20.5 Å². The average molecular weight is 246 g/mol. The summed E-state index contributed by atoms with van der Waals surface area (Å²) >= 11 is 0. The third-order valence-electron chi connectivity index (χ3n) is 2.07. The van der Waals surface area contributed by atoms with E-state index in [1.54, 1.807) is 0 Å². The van der Waals surface area contributed by atoms with Gasteiger partial charge in [0, 0.05) is 6.26 Å². The van der Waals surface area contributed by atoms with E-state index in [4.69, 9.17) is 14.6 Å². The molecule has 0 atom stereocenters. The molecule has 90 valence electrons. The van der Waals surface area contributed by atoms with Crippen LogP contribution < -0.4 is 9.47 Å². The van der Waals surface area contributed by atoms with Crippen LogP contribution in [0.5, 0.6) is 11.5 Å². The first-order valence-corrected chi connectivity index (χ1v) is 6.39. The first-order valence-electron chi connectivity index (χ1n) is 4.49. The Hall–Kier alpha value is -1.27. The molecule has 0 aliphatic rings. The van der Waals surface area contributed by atoms with Crippen LogP contribution >= 0.6 is 0 Å². The van der Waals surface area contributed by atoms with Crippen molar-refractivity contribution in [3.63, 3.8) is 0 Å². The highest BCUT2D eigenvalue weighted by molar-refractivity contribution is 7.91. The first-order chi connectivity index (χ1) is 7.43. The number of ether oxygens (including phenoxy) is 2. The molecule has 16 heavy (non-hydrogen) atoms. The number of methoxy groups -OCH3 is 2. The van der Waals surface area contributed by atoms with Gasteiger partial charge in [0.05, 0.1) is 20.8 Å². The van der Waals surface area contributed by atoms with Crippen LogP contribution in [-0.4, -0.2) is 34.0 Å². The SMILES string of the molecule is COc1cc(CO)cc(OC)c1S(C)(=O)=O. The van der Waals surface area contributed by atoms with Crippen LogP contribution in [0.15, 0.2) is 17.0 Å². The van der Waals surface area contributed by atoms with E-state index in [1.807, 2.05) is 0 Å². The summed E-state index contributed by atoms with van der Waals surface area (Å²) in [4.78, 5) is -0.00491. The van der Waals surface area contributed by atoms with E-state index < -0.39 is 9.84 Å². The molecule has 6 heteroatoms. The molecular formula is C10H14O5S. The van der Waals surface area contributed by atoms with Crippen LogP contribution in [0.3, 0.4) is 0 Å². The van der Waals surface area contributed by atoms with E-state index >= 15 is 0 Å². The minimum absolute atomic E-state index is 0.00491. The number of sulfone groups is 1. The number of rotatable bonds is 4. The van der Waals surface area contributed by atoms with Crippen molar-refractivity contribution in [3.05, 3.63) is 17.7 Å². The Bertz CT molecular complexity index is 453. The minimum Gasteiger partial charge on any atom is -0.495 e. The van der Waals surface area contributed by atoms with Gasteiger partial charge in [0.1, 0.15) is 11.5 Å². The van der Waals surface area contributed by atoms with Crippen LogP contribution in [0.4, 0.5) is 0 Å². The van der Waals surface area contributed by atoms with Gasteiger partial charge in [-0.15, -0.1) is 0 Å². The molecule has 1 aromatic rings. The van der Waals surface area contributed by atoms with Crippen molar-refractivity contribution in [1.29, 1.82) is 0 Å². The van der Waals surface area contributed by atoms with Gasteiger partial charge in [-0.3, -0.25) is 0 Å². The lowest BCUT2D eigenvalue weighted by Crippen LogP contribution is -2.05. The van der Waals surface area contributed by atoms with E-state index in [0.29, 0.717) is 5.56 Å². The molecular weight excluding hydrogens is 232 g/mol. The van der Waals surface area contributed by atoms with E-state index in [2.05, 4.69) is 0 Å². The van der Waals surface area contributed by atoms with Gasteiger partial charge in [0.2, 0.25) is 0 Å². The standard InChI is InChI=1S/C10H14O5S/c1-14-8-4-7(6-11)5-9(15-2)10(8)16(3,12)13/h4-5,11H,6H2,1-3H3. The first kappa shape index (κ1) is 12.8. The number of aliphatic hydroxyl groups excluding tert-OH is 1. The molecule has 0 aliphatic carbocycles. The van der Waals surface area contributed by atoms with Crippen LogP contribution in [0.2, 0.25) is 0 Å². The van der Waals surface area contributed by atoms with Gasteiger partial charge >= 0.3 is 0 Å². The highest BCUT2D eigenvalue weighted by Crippen LogP contribution is 2.34. The van der Waals surface area contributed by atoms with Crippen LogP contribution in [0.25, 0.3) is 0 Å². The van der Waals surface area contributed by atoms with Gasteiger partial charge in [-0.2, -0.15) is 0 Å². The second kappa shape index (κ2) is 4.71. The fourth-order valence-electron chi connectivity index (χ4n) is 1.39. The Morgan fingerprint density at radius 3 is 1.88 bits per heavy atom. The van der Waals surface area contributed by atoms with Gasteiger partial charge < -0.3 is 14.6 Å². The summed E-state index contributed by atoms with van der Waals surface area (Å²) in [6.07, 6.45) is 1.08. The predicted molar refractivity (Wildman–Crippen MR) is 58.6 cm³/mol. The Morgan fingerprint density at radius 1 is 1.19 bits per heavy atom. The molecule has 0 radical (unpaired) electrons. The summed E-state index contributed by atoms with van der Waals surface area (Å²) < 4.78 is 33.1. The minimum atomic E-state index is -3.44. The molecule has 0 unspecified atom stereocenters. The zero-order valence-electron chi connectivity index (χ0n) is 9.35. The smallest absolute Gasteiger partial charge is 0.182 e. The second-order valence-electron chi connectivity index (χ2n) is 3.26. The maximum absolute atomic E-state index is 11.6. The van der Waals surface area contributed by atoms with Crippen molar-refractivity contribution in [2.45, 2.75) is 11.5 Å². The molecule has 5 nitrogen and oxygen atoms in total. The van der Waals surface area contributed by atoms with Crippen molar-refractivity contribution in [2.24, 2.45) is 0 Å². The number of benzene rings is 1. The average Bonchev–Trinajstić information content (AvgIpc) is 2.25. The number of hydrogen-bond donors (Lipinski definition) is 1. The van der Waals surface area contributed by atoms with Crippen LogP contribution in [0, 0.1) is 0 Å². The lowest BCUT2D eigenvalue weighted by atomic mass is 10.2. The molecule has 0 saturated carbocycles. The fraction of sp³-hybridized carbons (Fsp3) is 0.400. The quantitative estimate of drug-likeness (QED) is 0.842. The Labute approximate surface area is 94.5 Å². The van der Waals surface area contributed by atoms with Crippen molar-refractivity contribution in [3.8, 4) is 11.5 Å². The molecule has 1 N–H and O–H groups in total. The summed E-state index contributed by atoms with van der Waals surface area (Å²) in [6.45, 7) is -0.212. The lowest BCUT2D eigenvalue weighted by molar-refractivity contribution is 0.279. The summed E-state index contributed by atoms with van der Waals surface area (Å²) in [6, 6.07) is 2.94. The van der Waals surface area contributed by atoms with E-state index in [0.717, 1.165) is 6.26 Å². The molecule has 0 aromatic heterocycles. The maximum Gasteiger partial charge on any atom is 0.182 e. The van der Waals surface area contributed by atoms with Gasteiger partial charge in [0.25, 0.3) is 0 Å². The largest absolute Gasteiger partial charge is 0.495 e. The third-order valence-corrected chi connectivity index (χ3v) is 3.22. The summed E-state index contributed by atoms with van der Waals surface area (Å²) in [7, 11) is -0.714. The molecule has 0 saturated heterocycles. The van der Waals surface area contributed by atoms with Gasteiger partial charge in [-0.25, -0.2) is 8.42 Å². The molecule has 0 bridgehead atoms. The predicted octanol–water partition coefficient (Wildman–Crippen LogP) is 0.600. The molecule has 0 aliphatic heterocycles.